The standard InChI is InChI=1S/C28H35N7O3S/c1-28(2)6-5-23-22(11-28)27(33-17-32-23)35-7-8-38-24-4-3-19(9-21(24)16-35)20-10-25(26(29)31-15-20)39(36,37)34-14-18-12-30-13-18/h3-4,9-10,15,17-18,30,34H,5-8,11-14,16H2,1-2H3,(H2,29,31). The zero-order valence-corrected chi connectivity index (χ0v) is 23.2. The lowest BCUT2D eigenvalue weighted by Gasteiger charge is -2.33. The highest BCUT2D eigenvalue weighted by Gasteiger charge is 2.31. The number of rotatable bonds is 6. The lowest BCUT2D eigenvalue weighted by molar-refractivity contribution is 0.310. The molecule has 39 heavy (non-hydrogen) atoms. The van der Waals surface area contributed by atoms with E-state index >= 15 is 0 Å². The fraction of sp³-hybridized carbons (Fsp3) is 0.464. The van der Waals surface area contributed by atoms with Gasteiger partial charge < -0.3 is 20.7 Å². The van der Waals surface area contributed by atoms with Crippen molar-refractivity contribution in [2.75, 3.05) is 43.4 Å². The van der Waals surface area contributed by atoms with E-state index in [9.17, 15) is 8.42 Å². The first kappa shape index (κ1) is 26.0. The number of pyridine rings is 1. The Balaban J connectivity index is 1.29. The summed E-state index contributed by atoms with van der Waals surface area (Å²) in [6, 6.07) is 7.52. The van der Waals surface area contributed by atoms with Crippen molar-refractivity contribution in [2.45, 2.75) is 44.6 Å². The van der Waals surface area contributed by atoms with E-state index in [2.05, 4.69) is 38.8 Å². The van der Waals surface area contributed by atoms with Crippen molar-refractivity contribution in [3.8, 4) is 16.9 Å². The quantitative estimate of drug-likeness (QED) is 0.424. The van der Waals surface area contributed by atoms with Crippen molar-refractivity contribution in [3.63, 3.8) is 0 Å². The summed E-state index contributed by atoms with van der Waals surface area (Å²) in [5.74, 6) is 2.07. The van der Waals surface area contributed by atoms with Crippen LogP contribution in [0.4, 0.5) is 11.6 Å². The Kier molecular flexibility index (Phi) is 6.68. The molecule has 0 spiro atoms. The molecule has 0 radical (unpaired) electrons. The van der Waals surface area contributed by atoms with Gasteiger partial charge in [0.15, 0.2) is 0 Å². The Morgan fingerprint density at radius 1 is 1.18 bits per heavy atom. The summed E-state index contributed by atoms with van der Waals surface area (Å²) in [5, 5.41) is 3.15. The highest BCUT2D eigenvalue weighted by Crippen LogP contribution is 2.39. The number of hydrogen-bond donors (Lipinski definition) is 3. The molecule has 10 nitrogen and oxygen atoms in total. The smallest absolute Gasteiger partial charge is 0.244 e. The van der Waals surface area contributed by atoms with Crippen molar-refractivity contribution < 1.29 is 13.2 Å². The van der Waals surface area contributed by atoms with Crippen LogP contribution in [0.2, 0.25) is 0 Å². The van der Waals surface area contributed by atoms with Crippen LogP contribution in [0.15, 0.2) is 41.7 Å². The Morgan fingerprint density at radius 3 is 2.82 bits per heavy atom. The molecule has 3 aliphatic rings. The van der Waals surface area contributed by atoms with Gasteiger partial charge in [0, 0.05) is 54.8 Å². The van der Waals surface area contributed by atoms with Gasteiger partial charge in [0.2, 0.25) is 10.0 Å². The topological polar surface area (TPSA) is 135 Å². The third kappa shape index (κ3) is 5.30. The van der Waals surface area contributed by atoms with Crippen LogP contribution in [0.3, 0.4) is 0 Å². The fourth-order valence-electron chi connectivity index (χ4n) is 5.51. The van der Waals surface area contributed by atoms with Crippen LogP contribution in [0.25, 0.3) is 11.1 Å². The monoisotopic (exact) mass is 549 g/mol. The number of sulfonamides is 1. The molecule has 3 aromatic rings. The normalized spacial score (nSPS) is 18.9. The van der Waals surface area contributed by atoms with E-state index in [4.69, 9.17) is 15.5 Å². The molecule has 4 heterocycles. The lowest BCUT2D eigenvalue weighted by Crippen LogP contribution is -2.48. The molecule has 1 saturated heterocycles. The van der Waals surface area contributed by atoms with Gasteiger partial charge in [0.1, 0.15) is 35.2 Å². The minimum absolute atomic E-state index is 0.00432. The Bertz CT molecular complexity index is 1500. The van der Waals surface area contributed by atoms with E-state index in [1.54, 1.807) is 18.6 Å². The zero-order chi connectivity index (χ0) is 27.2. The number of aromatic nitrogens is 3. The van der Waals surface area contributed by atoms with E-state index in [-0.39, 0.29) is 22.0 Å². The van der Waals surface area contributed by atoms with Crippen LogP contribution < -0.4 is 25.4 Å². The first-order chi connectivity index (χ1) is 18.7. The largest absolute Gasteiger partial charge is 0.491 e. The predicted octanol–water partition coefficient (Wildman–Crippen LogP) is 2.53. The molecule has 6 rings (SSSR count). The van der Waals surface area contributed by atoms with Crippen molar-refractivity contribution in [1.29, 1.82) is 0 Å². The summed E-state index contributed by atoms with van der Waals surface area (Å²) >= 11 is 0. The van der Waals surface area contributed by atoms with E-state index in [1.165, 1.54) is 5.56 Å². The van der Waals surface area contributed by atoms with Gasteiger partial charge in [-0.05, 0) is 54.4 Å². The molecule has 1 aromatic carbocycles. The SMILES string of the molecule is CC1(C)CCc2ncnc(N3CCOc4ccc(-c5cnc(N)c(S(=O)(=O)NCC6CNC6)c5)cc4C3)c2C1. The second-order valence-electron chi connectivity index (χ2n) is 11.5. The maximum atomic E-state index is 13.0. The fourth-order valence-corrected chi connectivity index (χ4v) is 6.73. The van der Waals surface area contributed by atoms with Crippen LogP contribution in [-0.2, 0) is 29.4 Å². The molecule has 206 valence electrons. The third-order valence-corrected chi connectivity index (χ3v) is 9.43. The van der Waals surface area contributed by atoms with Crippen molar-refractivity contribution in [1.82, 2.24) is 25.0 Å². The summed E-state index contributed by atoms with van der Waals surface area (Å²) < 4.78 is 34.9. The third-order valence-electron chi connectivity index (χ3n) is 7.98. The van der Waals surface area contributed by atoms with Gasteiger partial charge in [0.05, 0.1) is 6.54 Å². The van der Waals surface area contributed by atoms with E-state index in [0.717, 1.165) is 60.7 Å². The van der Waals surface area contributed by atoms with Gasteiger partial charge in [-0.25, -0.2) is 28.1 Å². The van der Waals surface area contributed by atoms with Crippen molar-refractivity contribution in [2.24, 2.45) is 11.3 Å². The maximum absolute atomic E-state index is 13.0. The van der Waals surface area contributed by atoms with Crippen LogP contribution in [0.1, 0.15) is 37.1 Å². The highest BCUT2D eigenvalue weighted by atomic mass is 32.2. The van der Waals surface area contributed by atoms with E-state index in [1.807, 2.05) is 18.2 Å². The molecule has 0 atom stereocenters. The van der Waals surface area contributed by atoms with Gasteiger partial charge in [-0.1, -0.05) is 19.9 Å². The minimum Gasteiger partial charge on any atom is -0.491 e. The average molecular weight is 550 g/mol. The molecule has 2 aromatic heterocycles. The second kappa shape index (κ2) is 10.0. The van der Waals surface area contributed by atoms with Gasteiger partial charge in [0.25, 0.3) is 0 Å². The number of aryl methyl sites for hydroxylation is 1. The van der Waals surface area contributed by atoms with Crippen LogP contribution in [-0.4, -0.2) is 56.2 Å². The number of ether oxygens (including phenoxy) is 1. The molecule has 2 aliphatic heterocycles. The van der Waals surface area contributed by atoms with Gasteiger partial charge in [-0.15, -0.1) is 0 Å². The number of nitrogens with two attached hydrogens (primary N) is 1. The number of nitrogens with one attached hydrogen (secondary N) is 2. The molecule has 0 bridgehead atoms. The molecular weight excluding hydrogens is 514 g/mol. The first-order valence-electron chi connectivity index (χ1n) is 13.5. The zero-order valence-electron chi connectivity index (χ0n) is 22.4. The number of anilines is 2. The average Bonchev–Trinajstić information content (AvgIpc) is 3.09. The van der Waals surface area contributed by atoms with Crippen LogP contribution >= 0.6 is 0 Å². The van der Waals surface area contributed by atoms with Gasteiger partial charge >= 0.3 is 0 Å². The molecule has 0 amide bonds. The molecule has 1 fully saturated rings. The van der Waals surface area contributed by atoms with E-state index < -0.39 is 10.0 Å². The molecular formula is C28H35N7O3S. The second-order valence-corrected chi connectivity index (χ2v) is 13.3. The molecule has 4 N–H and O–H groups in total. The number of nitrogens with zero attached hydrogens (tertiary/aromatic N) is 4. The first-order valence-corrected chi connectivity index (χ1v) is 15.0. The highest BCUT2D eigenvalue weighted by molar-refractivity contribution is 7.89. The molecule has 11 heteroatoms. The maximum Gasteiger partial charge on any atom is 0.244 e. The molecule has 1 aliphatic carbocycles. The van der Waals surface area contributed by atoms with Crippen molar-refractivity contribution >= 4 is 21.7 Å². The van der Waals surface area contributed by atoms with Gasteiger partial charge in [-0.2, -0.15) is 0 Å². The van der Waals surface area contributed by atoms with Gasteiger partial charge in [-0.3, -0.25) is 0 Å². The Morgan fingerprint density at radius 2 is 2.03 bits per heavy atom. The Labute approximate surface area is 229 Å². The van der Waals surface area contributed by atoms with E-state index in [0.29, 0.717) is 31.8 Å². The molecule has 0 unspecified atom stereocenters. The summed E-state index contributed by atoms with van der Waals surface area (Å²) in [4.78, 5) is 15.8. The number of nitrogen functional groups attached to an aromatic ring is 1. The molecule has 0 saturated carbocycles. The summed E-state index contributed by atoms with van der Waals surface area (Å²) in [7, 11) is -3.79. The predicted molar refractivity (Wildman–Crippen MR) is 150 cm³/mol. The van der Waals surface area contributed by atoms with Crippen LogP contribution in [0, 0.1) is 11.3 Å². The van der Waals surface area contributed by atoms with Crippen molar-refractivity contribution in [3.05, 3.63) is 53.6 Å². The Hall–Kier alpha value is -3.28. The summed E-state index contributed by atoms with van der Waals surface area (Å²) in [5.41, 5.74) is 11.1. The summed E-state index contributed by atoms with van der Waals surface area (Å²) in [6.45, 7) is 8.46. The number of fused-ring (bicyclic) bond motifs is 2. The lowest BCUT2D eigenvalue weighted by atomic mass is 9.76. The minimum atomic E-state index is -3.79. The number of hydrogen-bond acceptors (Lipinski definition) is 9. The summed E-state index contributed by atoms with van der Waals surface area (Å²) in [6.07, 6.45) is 6.32. The number of benzene rings is 1. The van der Waals surface area contributed by atoms with Crippen LogP contribution in [0.5, 0.6) is 5.75 Å².